The molecule has 0 radical (unpaired) electrons. The molecular weight excluding hydrogens is 294 g/mol. The molecule has 1 aromatic carbocycles. The van der Waals surface area contributed by atoms with Crippen LogP contribution in [-0.2, 0) is 0 Å². The standard InChI is InChI=1S/C13H12BrN3O/c1-9(14)11-4-2-3-5-12(11)17-13(18)10-6-7-15-16-8-10/h2-9H,1H3,(H,17,18). The summed E-state index contributed by atoms with van der Waals surface area (Å²) in [7, 11) is 0. The molecule has 18 heavy (non-hydrogen) atoms. The summed E-state index contributed by atoms with van der Waals surface area (Å²) in [6.07, 6.45) is 2.93. The minimum absolute atomic E-state index is 0.171. The fourth-order valence-electron chi connectivity index (χ4n) is 1.58. The van der Waals surface area contributed by atoms with E-state index in [4.69, 9.17) is 0 Å². The van der Waals surface area contributed by atoms with E-state index in [1.54, 1.807) is 6.07 Å². The lowest BCUT2D eigenvalue weighted by atomic mass is 10.1. The Bertz CT molecular complexity index is 543. The van der Waals surface area contributed by atoms with E-state index >= 15 is 0 Å². The molecule has 5 heteroatoms. The second-order valence-electron chi connectivity index (χ2n) is 3.79. The average Bonchev–Trinajstić information content (AvgIpc) is 2.40. The molecule has 1 unspecified atom stereocenters. The minimum Gasteiger partial charge on any atom is -0.322 e. The van der Waals surface area contributed by atoms with Gasteiger partial charge in [0.05, 0.1) is 18.0 Å². The molecule has 2 aromatic rings. The molecule has 0 bridgehead atoms. The maximum Gasteiger partial charge on any atom is 0.257 e. The van der Waals surface area contributed by atoms with Crippen molar-refractivity contribution in [1.29, 1.82) is 0 Å². The Hall–Kier alpha value is -1.75. The molecule has 0 aliphatic rings. The minimum atomic E-state index is -0.189. The van der Waals surface area contributed by atoms with Gasteiger partial charge in [0.25, 0.3) is 5.91 Å². The zero-order valence-corrected chi connectivity index (χ0v) is 11.4. The van der Waals surface area contributed by atoms with Gasteiger partial charge in [-0.05, 0) is 24.6 Å². The Morgan fingerprint density at radius 2 is 2.06 bits per heavy atom. The third-order valence-corrected chi connectivity index (χ3v) is 2.98. The maximum atomic E-state index is 12.0. The zero-order chi connectivity index (χ0) is 13.0. The van der Waals surface area contributed by atoms with E-state index in [9.17, 15) is 4.79 Å². The first-order valence-electron chi connectivity index (χ1n) is 5.49. The van der Waals surface area contributed by atoms with Gasteiger partial charge in [0.2, 0.25) is 0 Å². The van der Waals surface area contributed by atoms with Crippen LogP contribution in [0.3, 0.4) is 0 Å². The SMILES string of the molecule is CC(Br)c1ccccc1NC(=O)c1ccnnc1. The number of carbonyl (C=O) groups excluding carboxylic acids is 1. The van der Waals surface area contributed by atoms with E-state index in [0.717, 1.165) is 11.3 Å². The number of halogens is 1. The lowest BCUT2D eigenvalue weighted by Crippen LogP contribution is -2.13. The van der Waals surface area contributed by atoms with Crippen LogP contribution in [0.1, 0.15) is 27.7 Å². The number of nitrogens with zero attached hydrogens (tertiary/aromatic N) is 2. The summed E-state index contributed by atoms with van der Waals surface area (Å²) < 4.78 is 0. The summed E-state index contributed by atoms with van der Waals surface area (Å²) >= 11 is 3.51. The molecule has 0 saturated carbocycles. The number of hydrogen-bond acceptors (Lipinski definition) is 3. The van der Waals surface area contributed by atoms with Gasteiger partial charge < -0.3 is 5.32 Å². The van der Waals surface area contributed by atoms with Gasteiger partial charge in [-0.1, -0.05) is 34.1 Å². The second kappa shape index (κ2) is 5.73. The molecule has 0 aliphatic heterocycles. The Kier molecular flexibility index (Phi) is 4.04. The number of alkyl halides is 1. The van der Waals surface area contributed by atoms with Crippen molar-refractivity contribution in [1.82, 2.24) is 10.2 Å². The highest BCUT2D eigenvalue weighted by molar-refractivity contribution is 9.09. The largest absolute Gasteiger partial charge is 0.322 e. The molecule has 0 fully saturated rings. The lowest BCUT2D eigenvalue weighted by molar-refractivity contribution is 0.102. The summed E-state index contributed by atoms with van der Waals surface area (Å²) in [4.78, 5) is 12.2. The summed E-state index contributed by atoms with van der Waals surface area (Å²) in [6, 6.07) is 9.30. The Labute approximate surface area is 114 Å². The van der Waals surface area contributed by atoms with Crippen LogP contribution in [-0.4, -0.2) is 16.1 Å². The highest BCUT2D eigenvalue weighted by Gasteiger charge is 2.11. The summed E-state index contributed by atoms with van der Waals surface area (Å²) in [5, 5.41) is 10.2. The van der Waals surface area contributed by atoms with Crippen LogP contribution in [0.15, 0.2) is 42.7 Å². The van der Waals surface area contributed by atoms with Gasteiger partial charge in [-0.25, -0.2) is 0 Å². The van der Waals surface area contributed by atoms with Crippen LogP contribution in [0, 0.1) is 0 Å². The molecule has 0 aliphatic carbocycles. The number of benzene rings is 1. The first kappa shape index (κ1) is 12.7. The first-order chi connectivity index (χ1) is 8.68. The first-order valence-corrected chi connectivity index (χ1v) is 6.41. The van der Waals surface area contributed by atoms with Crippen LogP contribution >= 0.6 is 15.9 Å². The number of carbonyl (C=O) groups is 1. The van der Waals surface area contributed by atoms with Crippen molar-refractivity contribution >= 4 is 27.5 Å². The Morgan fingerprint density at radius 3 is 2.72 bits per heavy atom. The summed E-state index contributed by atoms with van der Waals surface area (Å²) in [6.45, 7) is 2.01. The number of rotatable bonds is 3. The van der Waals surface area contributed by atoms with E-state index in [0.29, 0.717) is 5.56 Å². The topological polar surface area (TPSA) is 54.9 Å². The van der Waals surface area contributed by atoms with E-state index in [-0.39, 0.29) is 10.7 Å². The molecule has 92 valence electrons. The number of anilines is 1. The van der Waals surface area contributed by atoms with Crippen LogP contribution in [0.4, 0.5) is 5.69 Å². The molecule has 1 aromatic heterocycles. The molecule has 1 atom stereocenters. The number of nitrogens with one attached hydrogen (secondary N) is 1. The predicted octanol–water partition coefficient (Wildman–Crippen LogP) is 3.18. The van der Waals surface area contributed by atoms with Crippen LogP contribution in [0.2, 0.25) is 0 Å². The molecule has 1 amide bonds. The van der Waals surface area contributed by atoms with Gasteiger partial charge in [-0.3, -0.25) is 4.79 Å². The van der Waals surface area contributed by atoms with E-state index < -0.39 is 0 Å². The quantitative estimate of drug-likeness (QED) is 0.886. The normalized spacial score (nSPS) is 11.9. The third-order valence-electron chi connectivity index (χ3n) is 2.48. The fourth-order valence-corrected chi connectivity index (χ4v) is 1.98. The van der Waals surface area contributed by atoms with Crippen molar-refractivity contribution in [3.8, 4) is 0 Å². The van der Waals surface area contributed by atoms with Crippen LogP contribution < -0.4 is 5.32 Å². The second-order valence-corrected chi connectivity index (χ2v) is 5.16. The number of amides is 1. The number of para-hydroxylation sites is 1. The monoisotopic (exact) mass is 305 g/mol. The molecule has 0 saturated heterocycles. The van der Waals surface area contributed by atoms with Gasteiger partial charge in [0.1, 0.15) is 0 Å². The maximum absolute atomic E-state index is 12.0. The molecule has 2 rings (SSSR count). The van der Waals surface area contributed by atoms with Crippen molar-refractivity contribution in [2.45, 2.75) is 11.8 Å². The number of hydrogen-bond donors (Lipinski definition) is 1. The summed E-state index contributed by atoms with van der Waals surface area (Å²) in [5.41, 5.74) is 2.32. The average molecular weight is 306 g/mol. The smallest absolute Gasteiger partial charge is 0.257 e. The fraction of sp³-hybridized carbons (Fsp3) is 0.154. The predicted molar refractivity (Wildman–Crippen MR) is 73.8 cm³/mol. The lowest BCUT2D eigenvalue weighted by Gasteiger charge is -2.12. The van der Waals surface area contributed by atoms with Gasteiger partial charge in [-0.2, -0.15) is 10.2 Å². The van der Waals surface area contributed by atoms with Crippen LogP contribution in [0.25, 0.3) is 0 Å². The summed E-state index contributed by atoms with van der Waals surface area (Å²) in [5.74, 6) is -0.189. The van der Waals surface area contributed by atoms with E-state index in [2.05, 4.69) is 31.4 Å². The highest BCUT2D eigenvalue weighted by atomic mass is 79.9. The number of aromatic nitrogens is 2. The highest BCUT2D eigenvalue weighted by Crippen LogP contribution is 2.28. The Morgan fingerprint density at radius 1 is 1.28 bits per heavy atom. The zero-order valence-electron chi connectivity index (χ0n) is 9.80. The van der Waals surface area contributed by atoms with Crippen LogP contribution in [0.5, 0.6) is 0 Å². The third kappa shape index (κ3) is 2.92. The van der Waals surface area contributed by atoms with Crippen molar-refractivity contribution in [2.24, 2.45) is 0 Å². The van der Waals surface area contributed by atoms with Crippen molar-refractivity contribution in [3.63, 3.8) is 0 Å². The van der Waals surface area contributed by atoms with E-state index in [1.165, 1.54) is 12.4 Å². The van der Waals surface area contributed by atoms with Crippen molar-refractivity contribution in [3.05, 3.63) is 53.9 Å². The van der Waals surface area contributed by atoms with Gasteiger partial charge in [0, 0.05) is 10.5 Å². The Balaban J connectivity index is 2.22. The van der Waals surface area contributed by atoms with Gasteiger partial charge in [0.15, 0.2) is 0 Å². The molecule has 1 N–H and O–H groups in total. The molecule has 4 nitrogen and oxygen atoms in total. The van der Waals surface area contributed by atoms with Gasteiger partial charge in [-0.15, -0.1) is 0 Å². The van der Waals surface area contributed by atoms with Crippen molar-refractivity contribution < 1.29 is 4.79 Å². The van der Waals surface area contributed by atoms with Crippen molar-refractivity contribution in [2.75, 3.05) is 5.32 Å². The molecular formula is C13H12BrN3O. The molecule has 0 spiro atoms. The van der Waals surface area contributed by atoms with Gasteiger partial charge >= 0.3 is 0 Å². The molecule has 1 heterocycles. The van der Waals surface area contributed by atoms with E-state index in [1.807, 2.05) is 31.2 Å².